The third kappa shape index (κ3) is 2.67. The average molecular weight is 145 g/mol. The summed E-state index contributed by atoms with van der Waals surface area (Å²) < 4.78 is 0. The van der Waals surface area contributed by atoms with Crippen molar-refractivity contribution in [2.24, 2.45) is 11.1 Å². The van der Waals surface area contributed by atoms with Gasteiger partial charge in [-0.1, -0.05) is 27.2 Å². The summed E-state index contributed by atoms with van der Waals surface area (Å²) >= 11 is 0. The molecule has 1 unspecified atom stereocenters. The van der Waals surface area contributed by atoms with E-state index in [1.807, 2.05) is 13.8 Å². The highest BCUT2D eigenvalue weighted by molar-refractivity contribution is 4.77. The second kappa shape index (κ2) is 3.94. The van der Waals surface area contributed by atoms with Crippen LogP contribution in [0.1, 0.15) is 33.6 Å². The zero-order chi connectivity index (χ0) is 8.20. The minimum Gasteiger partial charge on any atom is -0.393 e. The quantitative estimate of drug-likeness (QED) is 0.623. The molecule has 0 aromatic carbocycles. The summed E-state index contributed by atoms with van der Waals surface area (Å²) in [4.78, 5) is 0. The lowest BCUT2D eigenvalue weighted by Crippen LogP contribution is -2.36. The average Bonchev–Trinajstić information content (AvgIpc) is 1.89. The molecule has 10 heavy (non-hydrogen) atoms. The normalized spacial score (nSPS) is 15.3. The van der Waals surface area contributed by atoms with Gasteiger partial charge in [-0.25, -0.2) is 0 Å². The van der Waals surface area contributed by atoms with Crippen molar-refractivity contribution >= 4 is 0 Å². The van der Waals surface area contributed by atoms with E-state index in [0.717, 1.165) is 12.8 Å². The fourth-order valence-electron chi connectivity index (χ4n) is 0.800. The Morgan fingerprint density at radius 3 is 2.30 bits per heavy atom. The molecule has 2 heteroatoms. The summed E-state index contributed by atoms with van der Waals surface area (Å²) in [5, 5.41) is 9.50. The number of aliphatic hydroxyl groups is 1. The van der Waals surface area contributed by atoms with E-state index in [1.165, 1.54) is 0 Å². The van der Waals surface area contributed by atoms with Gasteiger partial charge in [0.15, 0.2) is 0 Å². The minimum absolute atomic E-state index is 0.115. The molecule has 0 aliphatic rings. The van der Waals surface area contributed by atoms with Gasteiger partial charge in [-0.05, 0) is 13.0 Å². The maximum absolute atomic E-state index is 9.50. The number of rotatable bonds is 4. The molecule has 0 saturated heterocycles. The second-order valence-electron chi connectivity index (χ2n) is 3.50. The summed E-state index contributed by atoms with van der Waals surface area (Å²) in [6.07, 6.45) is 1.62. The molecule has 0 radical (unpaired) electrons. The molecule has 0 spiro atoms. The lowest BCUT2D eigenvalue weighted by atomic mass is 9.84. The SMILES string of the molecule is CCCC(O)C(C)(C)CN. The minimum atomic E-state index is -0.248. The fraction of sp³-hybridized carbons (Fsp3) is 1.00. The first-order valence-corrected chi connectivity index (χ1v) is 3.92. The maximum Gasteiger partial charge on any atom is 0.0603 e. The molecule has 0 saturated carbocycles. The van der Waals surface area contributed by atoms with Gasteiger partial charge in [0.05, 0.1) is 6.10 Å². The summed E-state index contributed by atoms with van der Waals surface area (Å²) in [6, 6.07) is 0. The van der Waals surface area contributed by atoms with Gasteiger partial charge in [-0.15, -0.1) is 0 Å². The Labute approximate surface area is 63.4 Å². The highest BCUT2D eigenvalue weighted by atomic mass is 16.3. The van der Waals surface area contributed by atoms with E-state index in [4.69, 9.17) is 5.73 Å². The molecule has 0 amide bonds. The molecule has 0 bridgehead atoms. The van der Waals surface area contributed by atoms with Crippen LogP contribution in [-0.4, -0.2) is 17.8 Å². The lowest BCUT2D eigenvalue weighted by molar-refractivity contribution is 0.0484. The van der Waals surface area contributed by atoms with E-state index in [0.29, 0.717) is 6.54 Å². The molecule has 1 atom stereocenters. The van der Waals surface area contributed by atoms with Gasteiger partial charge < -0.3 is 10.8 Å². The van der Waals surface area contributed by atoms with Gasteiger partial charge in [0, 0.05) is 5.41 Å². The highest BCUT2D eigenvalue weighted by Gasteiger charge is 2.24. The number of aliphatic hydroxyl groups excluding tert-OH is 1. The highest BCUT2D eigenvalue weighted by Crippen LogP contribution is 2.21. The van der Waals surface area contributed by atoms with Crippen LogP contribution in [0.2, 0.25) is 0 Å². The molecule has 0 fully saturated rings. The van der Waals surface area contributed by atoms with Crippen molar-refractivity contribution in [2.75, 3.05) is 6.54 Å². The van der Waals surface area contributed by atoms with Gasteiger partial charge in [-0.2, -0.15) is 0 Å². The van der Waals surface area contributed by atoms with Gasteiger partial charge in [-0.3, -0.25) is 0 Å². The summed E-state index contributed by atoms with van der Waals surface area (Å²) in [6.45, 7) is 6.60. The van der Waals surface area contributed by atoms with Crippen molar-refractivity contribution in [3.8, 4) is 0 Å². The Morgan fingerprint density at radius 1 is 1.50 bits per heavy atom. The van der Waals surface area contributed by atoms with Crippen LogP contribution in [-0.2, 0) is 0 Å². The van der Waals surface area contributed by atoms with Crippen molar-refractivity contribution in [2.45, 2.75) is 39.7 Å². The van der Waals surface area contributed by atoms with E-state index < -0.39 is 0 Å². The predicted octanol–water partition coefficient (Wildman–Crippen LogP) is 1.13. The van der Waals surface area contributed by atoms with Crippen LogP contribution in [0.4, 0.5) is 0 Å². The molecular weight excluding hydrogens is 126 g/mol. The Balaban J connectivity index is 3.78. The Morgan fingerprint density at radius 2 is 2.00 bits per heavy atom. The molecule has 0 aromatic heterocycles. The first kappa shape index (κ1) is 9.92. The van der Waals surface area contributed by atoms with Crippen LogP contribution in [0, 0.1) is 5.41 Å². The molecule has 3 N–H and O–H groups in total. The molecule has 0 rings (SSSR count). The van der Waals surface area contributed by atoms with Gasteiger partial charge in [0.1, 0.15) is 0 Å². The van der Waals surface area contributed by atoms with Crippen molar-refractivity contribution < 1.29 is 5.11 Å². The van der Waals surface area contributed by atoms with Crippen LogP contribution in [0.15, 0.2) is 0 Å². The smallest absolute Gasteiger partial charge is 0.0603 e. The van der Waals surface area contributed by atoms with E-state index in [9.17, 15) is 5.11 Å². The van der Waals surface area contributed by atoms with E-state index in [2.05, 4.69) is 6.92 Å². The first-order valence-electron chi connectivity index (χ1n) is 3.92. The molecule has 0 aromatic rings. The maximum atomic E-state index is 9.50. The van der Waals surface area contributed by atoms with Crippen LogP contribution in [0.3, 0.4) is 0 Å². The Kier molecular flexibility index (Phi) is 3.91. The molecule has 2 nitrogen and oxygen atoms in total. The monoisotopic (exact) mass is 145 g/mol. The Bertz CT molecular complexity index is 91.3. The second-order valence-corrected chi connectivity index (χ2v) is 3.50. The van der Waals surface area contributed by atoms with Crippen molar-refractivity contribution in [3.05, 3.63) is 0 Å². The zero-order valence-corrected chi connectivity index (χ0v) is 7.22. The molecule has 0 heterocycles. The standard InChI is InChI=1S/C8H19NO/c1-4-5-7(10)8(2,3)6-9/h7,10H,4-6,9H2,1-3H3. The number of hydrogen-bond donors (Lipinski definition) is 2. The summed E-state index contributed by atoms with van der Waals surface area (Å²) in [7, 11) is 0. The Hall–Kier alpha value is -0.0800. The van der Waals surface area contributed by atoms with E-state index in [-0.39, 0.29) is 11.5 Å². The van der Waals surface area contributed by atoms with Crippen molar-refractivity contribution in [1.82, 2.24) is 0 Å². The zero-order valence-electron chi connectivity index (χ0n) is 7.22. The van der Waals surface area contributed by atoms with E-state index >= 15 is 0 Å². The molecule has 0 aliphatic heterocycles. The molecular formula is C8H19NO. The third-order valence-electron chi connectivity index (χ3n) is 1.99. The third-order valence-corrected chi connectivity index (χ3v) is 1.99. The van der Waals surface area contributed by atoms with Crippen LogP contribution in [0.25, 0.3) is 0 Å². The number of nitrogens with two attached hydrogens (primary N) is 1. The van der Waals surface area contributed by atoms with E-state index in [1.54, 1.807) is 0 Å². The van der Waals surface area contributed by atoms with Crippen LogP contribution in [0.5, 0.6) is 0 Å². The predicted molar refractivity (Wildman–Crippen MR) is 43.8 cm³/mol. The molecule has 0 aliphatic carbocycles. The van der Waals surface area contributed by atoms with Crippen LogP contribution >= 0.6 is 0 Å². The van der Waals surface area contributed by atoms with Gasteiger partial charge in [0.2, 0.25) is 0 Å². The van der Waals surface area contributed by atoms with Crippen LogP contribution < -0.4 is 5.73 Å². The topological polar surface area (TPSA) is 46.2 Å². The van der Waals surface area contributed by atoms with Gasteiger partial charge >= 0.3 is 0 Å². The fourth-order valence-corrected chi connectivity index (χ4v) is 0.800. The largest absolute Gasteiger partial charge is 0.393 e. The van der Waals surface area contributed by atoms with Crippen molar-refractivity contribution in [3.63, 3.8) is 0 Å². The lowest BCUT2D eigenvalue weighted by Gasteiger charge is -2.28. The first-order chi connectivity index (χ1) is 4.54. The van der Waals surface area contributed by atoms with Gasteiger partial charge in [0.25, 0.3) is 0 Å². The van der Waals surface area contributed by atoms with Crippen molar-refractivity contribution in [1.29, 1.82) is 0 Å². The molecule has 62 valence electrons. The number of hydrogen-bond acceptors (Lipinski definition) is 2. The summed E-state index contributed by atoms with van der Waals surface area (Å²) in [5.41, 5.74) is 5.36. The summed E-state index contributed by atoms with van der Waals surface area (Å²) in [5.74, 6) is 0.